The summed E-state index contributed by atoms with van der Waals surface area (Å²) in [4.78, 5) is 22.6. The first-order valence-electron chi connectivity index (χ1n) is 11.4. The van der Waals surface area contributed by atoms with E-state index in [9.17, 15) is 14.7 Å². The van der Waals surface area contributed by atoms with Crippen molar-refractivity contribution in [2.75, 3.05) is 0 Å². The molecule has 4 aliphatic rings. The van der Waals surface area contributed by atoms with Crippen molar-refractivity contribution < 1.29 is 14.7 Å². The molecule has 0 aliphatic heterocycles. The summed E-state index contributed by atoms with van der Waals surface area (Å²) in [6.07, 6.45) is 12.5. The number of hydrogen-bond donors (Lipinski definition) is 1. The highest BCUT2D eigenvalue weighted by molar-refractivity contribution is 5.76. The number of fused-ring (bicyclic) bond motifs is 5. The predicted molar refractivity (Wildman–Crippen MR) is 109 cm³/mol. The second-order valence-electron chi connectivity index (χ2n) is 10.9. The molecule has 154 valence electrons. The van der Waals surface area contributed by atoms with Crippen LogP contribution in [-0.2, 0) is 9.59 Å². The Morgan fingerprint density at radius 1 is 1.04 bits per heavy atom. The van der Waals surface area contributed by atoms with Gasteiger partial charge in [0, 0.05) is 6.42 Å². The molecule has 4 aliphatic carbocycles. The molecule has 0 radical (unpaired) electrons. The molecule has 0 aromatic heterocycles. The molecule has 0 saturated heterocycles. The molecule has 0 aromatic carbocycles. The third kappa shape index (κ3) is 2.82. The lowest BCUT2D eigenvalue weighted by Gasteiger charge is -2.62. The van der Waals surface area contributed by atoms with Gasteiger partial charge >= 0.3 is 0 Å². The Labute approximate surface area is 169 Å². The van der Waals surface area contributed by atoms with Crippen LogP contribution in [0.3, 0.4) is 0 Å². The van der Waals surface area contributed by atoms with Gasteiger partial charge in [0.05, 0.1) is 5.60 Å². The minimum Gasteiger partial charge on any atom is -0.389 e. The monoisotopic (exact) mass is 384 g/mol. The molecule has 3 nitrogen and oxygen atoms in total. The minimum atomic E-state index is -0.807. The van der Waals surface area contributed by atoms with E-state index in [1.165, 1.54) is 38.5 Å². The van der Waals surface area contributed by atoms with Gasteiger partial charge in [0.25, 0.3) is 0 Å². The van der Waals surface area contributed by atoms with Gasteiger partial charge in [-0.3, -0.25) is 4.79 Å². The number of aliphatic hydroxyl groups is 1. The SMILES string of the molecule is CC(=O)C[C@@]1(O)CC[C@H]2[C@@H]3CCC4C(C=C=C=O)CCC[C@]4(C)[C@H]3CC[C@@]21C. The molecule has 0 aromatic rings. The maximum Gasteiger partial charge on any atom is 0.176 e. The van der Waals surface area contributed by atoms with Crippen LogP contribution in [0.1, 0.15) is 85.0 Å². The van der Waals surface area contributed by atoms with Crippen molar-refractivity contribution in [3.8, 4) is 0 Å². The van der Waals surface area contributed by atoms with Gasteiger partial charge in [-0.25, -0.2) is 4.79 Å². The van der Waals surface area contributed by atoms with E-state index in [1.54, 1.807) is 6.92 Å². The van der Waals surface area contributed by atoms with Crippen LogP contribution in [0.5, 0.6) is 0 Å². The van der Waals surface area contributed by atoms with E-state index in [1.807, 2.05) is 12.0 Å². The van der Waals surface area contributed by atoms with Gasteiger partial charge in [-0.05, 0) is 111 Å². The standard InChI is InChI=1S/C25H36O3/c1-17(27)16-25(28)14-11-22-19-8-9-20-18(7-5-15-26)6-4-12-23(20,2)21(19)10-13-24(22,25)3/h7,18-22,28H,4,6,8-14,16H2,1-3H3/t18?,19-,20?,21+,22+,23+,24+,25+/m1/s1. The summed E-state index contributed by atoms with van der Waals surface area (Å²) in [5, 5.41) is 11.5. The zero-order chi connectivity index (χ0) is 20.2. The minimum absolute atomic E-state index is 0.114. The zero-order valence-corrected chi connectivity index (χ0v) is 17.8. The van der Waals surface area contributed by atoms with Crippen molar-refractivity contribution in [1.82, 2.24) is 0 Å². The molecule has 2 unspecified atom stereocenters. The molecule has 0 amide bonds. The van der Waals surface area contributed by atoms with E-state index in [4.69, 9.17) is 0 Å². The molecule has 4 fully saturated rings. The quantitative estimate of drug-likeness (QED) is 0.556. The smallest absolute Gasteiger partial charge is 0.176 e. The van der Waals surface area contributed by atoms with Gasteiger partial charge in [-0.15, -0.1) is 0 Å². The molecule has 3 heteroatoms. The maximum absolute atomic E-state index is 11.9. The number of carbonyl (C=O) groups is 1. The van der Waals surface area contributed by atoms with Gasteiger partial charge in [0.2, 0.25) is 0 Å². The lowest BCUT2D eigenvalue weighted by molar-refractivity contribution is -0.161. The van der Waals surface area contributed by atoms with Crippen molar-refractivity contribution >= 4 is 11.7 Å². The van der Waals surface area contributed by atoms with Crippen LogP contribution in [0.2, 0.25) is 0 Å². The van der Waals surface area contributed by atoms with E-state index in [2.05, 4.69) is 19.6 Å². The first kappa shape index (κ1) is 20.1. The molecule has 0 bridgehead atoms. The lowest BCUT2D eigenvalue weighted by atomic mass is 9.43. The Morgan fingerprint density at radius 3 is 2.50 bits per heavy atom. The summed E-state index contributed by atoms with van der Waals surface area (Å²) >= 11 is 0. The summed E-state index contributed by atoms with van der Waals surface area (Å²) in [6, 6.07) is 0. The fraction of sp³-hybridized carbons (Fsp3) is 0.840. The Bertz CT molecular complexity index is 730. The Balaban J connectivity index is 1.62. The Kier molecular flexibility index (Phi) is 5.02. The van der Waals surface area contributed by atoms with Crippen LogP contribution in [0.25, 0.3) is 0 Å². The average Bonchev–Trinajstić information content (AvgIpc) is 2.89. The molecule has 1 N–H and O–H groups in total. The molecule has 0 heterocycles. The first-order chi connectivity index (χ1) is 13.2. The molecule has 0 spiro atoms. The van der Waals surface area contributed by atoms with Crippen LogP contribution in [0.15, 0.2) is 11.8 Å². The normalized spacial score (nSPS) is 49.8. The van der Waals surface area contributed by atoms with E-state index in [0.717, 1.165) is 19.3 Å². The highest BCUT2D eigenvalue weighted by Crippen LogP contribution is 2.69. The van der Waals surface area contributed by atoms with Crippen LogP contribution in [-0.4, -0.2) is 22.4 Å². The highest BCUT2D eigenvalue weighted by atomic mass is 16.3. The fourth-order valence-corrected chi connectivity index (χ4v) is 8.63. The molecule has 28 heavy (non-hydrogen) atoms. The van der Waals surface area contributed by atoms with Gasteiger partial charge in [-0.1, -0.05) is 20.3 Å². The van der Waals surface area contributed by atoms with E-state index >= 15 is 0 Å². The summed E-state index contributed by atoms with van der Waals surface area (Å²) in [6.45, 7) is 6.41. The van der Waals surface area contributed by atoms with Crippen LogP contribution >= 0.6 is 0 Å². The number of Topliss-reactive ketones (excluding diaryl/α,β-unsaturated/α-hetero) is 1. The molecule has 4 rings (SSSR count). The molecule has 8 atom stereocenters. The fourth-order valence-electron chi connectivity index (χ4n) is 8.63. The number of ketones is 1. The maximum atomic E-state index is 11.9. The van der Waals surface area contributed by atoms with Crippen molar-refractivity contribution in [3.05, 3.63) is 11.8 Å². The summed E-state index contributed by atoms with van der Waals surface area (Å²) in [5.74, 6) is 4.98. The van der Waals surface area contributed by atoms with Crippen molar-refractivity contribution in [2.24, 2.45) is 40.4 Å². The van der Waals surface area contributed by atoms with E-state index in [0.29, 0.717) is 41.4 Å². The largest absolute Gasteiger partial charge is 0.389 e. The van der Waals surface area contributed by atoms with Crippen LogP contribution < -0.4 is 0 Å². The van der Waals surface area contributed by atoms with Crippen molar-refractivity contribution in [3.63, 3.8) is 0 Å². The molecule has 4 saturated carbocycles. The van der Waals surface area contributed by atoms with Gasteiger partial charge in [-0.2, -0.15) is 0 Å². The van der Waals surface area contributed by atoms with Gasteiger partial charge in [0.1, 0.15) is 5.78 Å². The Morgan fingerprint density at radius 2 is 1.79 bits per heavy atom. The summed E-state index contributed by atoms with van der Waals surface area (Å²) < 4.78 is 0. The summed E-state index contributed by atoms with van der Waals surface area (Å²) in [5.41, 5.74) is 2.13. The second-order valence-corrected chi connectivity index (χ2v) is 10.9. The zero-order valence-electron chi connectivity index (χ0n) is 17.8. The van der Waals surface area contributed by atoms with Crippen LogP contribution in [0.4, 0.5) is 0 Å². The highest BCUT2D eigenvalue weighted by Gasteiger charge is 2.64. The van der Waals surface area contributed by atoms with E-state index in [-0.39, 0.29) is 11.2 Å². The molecular formula is C25H36O3. The van der Waals surface area contributed by atoms with Gasteiger partial charge in [0.15, 0.2) is 5.94 Å². The topological polar surface area (TPSA) is 54.4 Å². The number of rotatable bonds is 3. The van der Waals surface area contributed by atoms with Crippen molar-refractivity contribution in [1.29, 1.82) is 0 Å². The Hall–Kier alpha value is -1.14. The van der Waals surface area contributed by atoms with Crippen molar-refractivity contribution in [2.45, 2.75) is 90.6 Å². The van der Waals surface area contributed by atoms with E-state index < -0.39 is 5.60 Å². The van der Waals surface area contributed by atoms with Gasteiger partial charge < -0.3 is 5.11 Å². The number of allylic oxidation sites excluding steroid dienone is 1. The number of hydrogen-bond acceptors (Lipinski definition) is 3. The predicted octanol–water partition coefficient (Wildman–Crippen LogP) is 4.90. The third-order valence-corrected chi connectivity index (χ3v) is 9.93. The molecular weight excluding hydrogens is 348 g/mol. The average molecular weight is 385 g/mol. The first-order valence-corrected chi connectivity index (χ1v) is 11.4. The lowest BCUT2D eigenvalue weighted by Crippen LogP contribution is -2.57. The van der Waals surface area contributed by atoms with Crippen LogP contribution in [0, 0.1) is 40.4 Å². The number of carbonyl (C=O) groups excluding carboxylic acids is 2. The third-order valence-electron chi connectivity index (χ3n) is 9.93. The summed E-state index contributed by atoms with van der Waals surface area (Å²) in [7, 11) is 0. The second kappa shape index (κ2) is 6.98.